The molecular formula is C16H23NO3. The highest BCUT2D eigenvalue weighted by Gasteiger charge is 2.06. The van der Waals surface area contributed by atoms with E-state index >= 15 is 0 Å². The Morgan fingerprint density at radius 3 is 2.70 bits per heavy atom. The van der Waals surface area contributed by atoms with Gasteiger partial charge in [-0.2, -0.15) is 0 Å². The predicted octanol–water partition coefficient (Wildman–Crippen LogP) is 2.88. The highest BCUT2D eigenvalue weighted by atomic mass is 16.5. The van der Waals surface area contributed by atoms with Gasteiger partial charge in [0.25, 0.3) is 0 Å². The number of nitrogens with zero attached hydrogens (tertiary/aromatic N) is 1. The van der Waals surface area contributed by atoms with Crippen molar-refractivity contribution < 1.29 is 14.6 Å². The Bertz CT molecular complexity index is 481. The van der Waals surface area contributed by atoms with E-state index in [-0.39, 0.29) is 0 Å². The molecule has 0 atom stereocenters. The summed E-state index contributed by atoms with van der Waals surface area (Å²) in [6, 6.07) is 5.85. The molecule has 0 radical (unpaired) electrons. The molecule has 20 heavy (non-hydrogen) atoms. The summed E-state index contributed by atoms with van der Waals surface area (Å²) < 4.78 is 5.24. The van der Waals surface area contributed by atoms with E-state index in [4.69, 9.17) is 9.84 Å². The lowest BCUT2D eigenvalue weighted by atomic mass is 10.1. The summed E-state index contributed by atoms with van der Waals surface area (Å²) in [7, 11) is 3.66. The Kier molecular flexibility index (Phi) is 6.25. The second-order valence-electron chi connectivity index (χ2n) is 5.34. The van der Waals surface area contributed by atoms with Crippen LogP contribution in [0.3, 0.4) is 0 Å². The van der Waals surface area contributed by atoms with Gasteiger partial charge in [0.1, 0.15) is 5.75 Å². The van der Waals surface area contributed by atoms with Crippen LogP contribution in [0.25, 0.3) is 6.08 Å². The van der Waals surface area contributed by atoms with Gasteiger partial charge in [-0.3, -0.25) is 0 Å². The van der Waals surface area contributed by atoms with Gasteiger partial charge in [0.2, 0.25) is 0 Å². The van der Waals surface area contributed by atoms with Crippen LogP contribution in [-0.2, 0) is 11.3 Å². The summed E-state index contributed by atoms with van der Waals surface area (Å²) in [5.41, 5.74) is 1.92. The fourth-order valence-corrected chi connectivity index (χ4v) is 2.17. The van der Waals surface area contributed by atoms with Crippen LogP contribution in [0.5, 0.6) is 5.75 Å². The molecule has 0 aliphatic heterocycles. The molecule has 0 bridgehead atoms. The van der Waals surface area contributed by atoms with E-state index in [1.165, 1.54) is 0 Å². The Morgan fingerprint density at radius 2 is 2.15 bits per heavy atom. The maximum absolute atomic E-state index is 10.6. The lowest BCUT2D eigenvalue weighted by Gasteiger charge is -2.19. The molecule has 1 aromatic rings. The maximum Gasteiger partial charge on any atom is 0.328 e. The van der Waals surface area contributed by atoms with Gasteiger partial charge < -0.3 is 14.7 Å². The largest absolute Gasteiger partial charge is 0.496 e. The predicted molar refractivity (Wildman–Crippen MR) is 80.8 cm³/mol. The summed E-state index contributed by atoms with van der Waals surface area (Å²) in [6.45, 7) is 6.22. The number of aliphatic carboxylic acids is 1. The van der Waals surface area contributed by atoms with Crippen LogP contribution in [-0.4, -0.2) is 36.7 Å². The Hall–Kier alpha value is -1.81. The molecule has 0 aliphatic rings. The van der Waals surface area contributed by atoms with Crippen molar-refractivity contribution in [3.05, 3.63) is 35.4 Å². The third-order valence-electron chi connectivity index (χ3n) is 2.83. The molecule has 0 heterocycles. The Morgan fingerprint density at radius 1 is 1.45 bits per heavy atom. The van der Waals surface area contributed by atoms with Crippen molar-refractivity contribution in [2.75, 3.05) is 20.7 Å². The minimum Gasteiger partial charge on any atom is -0.496 e. The number of ether oxygens (including phenoxy) is 1. The van der Waals surface area contributed by atoms with Crippen molar-refractivity contribution in [1.82, 2.24) is 4.90 Å². The number of benzene rings is 1. The van der Waals surface area contributed by atoms with Gasteiger partial charge in [0.05, 0.1) is 7.11 Å². The second-order valence-corrected chi connectivity index (χ2v) is 5.34. The Labute approximate surface area is 120 Å². The number of hydrogen-bond acceptors (Lipinski definition) is 3. The maximum atomic E-state index is 10.6. The fourth-order valence-electron chi connectivity index (χ4n) is 2.17. The van der Waals surface area contributed by atoms with E-state index in [9.17, 15) is 4.79 Å². The van der Waals surface area contributed by atoms with Gasteiger partial charge >= 0.3 is 5.97 Å². The van der Waals surface area contributed by atoms with Crippen LogP contribution in [0, 0.1) is 5.92 Å². The number of carboxylic acids is 1. The molecule has 1 rings (SSSR count). The number of rotatable bonds is 7. The first-order valence-electron chi connectivity index (χ1n) is 6.68. The third kappa shape index (κ3) is 5.45. The minimum absolute atomic E-state index is 0.615. The van der Waals surface area contributed by atoms with Crippen LogP contribution in [0.4, 0.5) is 0 Å². The zero-order valence-electron chi connectivity index (χ0n) is 12.6. The summed E-state index contributed by atoms with van der Waals surface area (Å²) in [5, 5.41) is 8.72. The van der Waals surface area contributed by atoms with E-state index in [1.54, 1.807) is 13.2 Å². The van der Waals surface area contributed by atoms with Crippen molar-refractivity contribution in [3.8, 4) is 5.75 Å². The van der Waals surface area contributed by atoms with Crippen molar-refractivity contribution >= 4 is 12.0 Å². The average molecular weight is 277 g/mol. The highest BCUT2D eigenvalue weighted by molar-refractivity contribution is 5.85. The first kappa shape index (κ1) is 16.2. The van der Waals surface area contributed by atoms with Gasteiger partial charge in [0.15, 0.2) is 0 Å². The van der Waals surface area contributed by atoms with Gasteiger partial charge in [-0.1, -0.05) is 19.9 Å². The van der Waals surface area contributed by atoms with Crippen molar-refractivity contribution in [2.24, 2.45) is 5.92 Å². The normalized spacial score (nSPS) is 11.5. The molecule has 4 nitrogen and oxygen atoms in total. The van der Waals surface area contributed by atoms with Gasteiger partial charge in [-0.25, -0.2) is 4.79 Å². The van der Waals surface area contributed by atoms with E-state index in [0.29, 0.717) is 11.7 Å². The molecule has 0 aromatic heterocycles. The molecule has 4 heteroatoms. The van der Waals surface area contributed by atoms with Crippen LogP contribution >= 0.6 is 0 Å². The SMILES string of the molecule is COc1ccc(CN(C)CC(C)C)cc1C=CC(=O)O. The van der Waals surface area contributed by atoms with Gasteiger partial charge in [0, 0.05) is 24.7 Å². The number of carboxylic acid groups (broad SMARTS) is 1. The van der Waals surface area contributed by atoms with Gasteiger partial charge in [-0.15, -0.1) is 0 Å². The molecule has 0 aliphatic carbocycles. The van der Waals surface area contributed by atoms with Crippen LogP contribution in [0.2, 0.25) is 0 Å². The van der Waals surface area contributed by atoms with E-state index in [2.05, 4.69) is 25.8 Å². The van der Waals surface area contributed by atoms with Crippen molar-refractivity contribution in [2.45, 2.75) is 20.4 Å². The van der Waals surface area contributed by atoms with Crippen LogP contribution in [0.15, 0.2) is 24.3 Å². The number of carbonyl (C=O) groups is 1. The molecule has 1 aromatic carbocycles. The van der Waals surface area contributed by atoms with Crippen molar-refractivity contribution in [3.63, 3.8) is 0 Å². The standard InChI is InChI=1S/C16H23NO3/c1-12(2)10-17(3)11-13-5-7-15(20-4)14(9-13)6-8-16(18)19/h5-9,12H,10-11H2,1-4H3,(H,18,19). The Balaban J connectivity index is 2.89. The quantitative estimate of drug-likeness (QED) is 0.779. The molecule has 0 unspecified atom stereocenters. The summed E-state index contributed by atoms with van der Waals surface area (Å²) in [6.07, 6.45) is 2.69. The van der Waals surface area contributed by atoms with E-state index < -0.39 is 5.97 Å². The average Bonchev–Trinajstić information content (AvgIpc) is 2.35. The molecule has 0 saturated heterocycles. The van der Waals surface area contributed by atoms with Crippen LogP contribution < -0.4 is 4.74 Å². The van der Waals surface area contributed by atoms with Gasteiger partial charge in [-0.05, 0) is 36.7 Å². The highest BCUT2D eigenvalue weighted by Crippen LogP contribution is 2.22. The zero-order valence-corrected chi connectivity index (χ0v) is 12.6. The first-order valence-corrected chi connectivity index (χ1v) is 6.68. The minimum atomic E-state index is -0.964. The number of hydrogen-bond donors (Lipinski definition) is 1. The number of methoxy groups -OCH3 is 1. The van der Waals surface area contributed by atoms with Crippen molar-refractivity contribution in [1.29, 1.82) is 0 Å². The molecule has 1 N–H and O–H groups in total. The third-order valence-corrected chi connectivity index (χ3v) is 2.83. The first-order chi connectivity index (χ1) is 9.42. The molecule has 0 amide bonds. The smallest absolute Gasteiger partial charge is 0.328 e. The van der Waals surface area contributed by atoms with E-state index in [1.807, 2.05) is 18.2 Å². The molecule has 0 saturated carbocycles. The lowest BCUT2D eigenvalue weighted by molar-refractivity contribution is -0.131. The molecule has 0 fully saturated rings. The second kappa shape index (κ2) is 7.70. The topological polar surface area (TPSA) is 49.8 Å². The monoisotopic (exact) mass is 277 g/mol. The van der Waals surface area contributed by atoms with E-state index in [0.717, 1.165) is 30.3 Å². The molecular weight excluding hydrogens is 254 g/mol. The lowest BCUT2D eigenvalue weighted by Crippen LogP contribution is -2.22. The van der Waals surface area contributed by atoms with Crippen LogP contribution in [0.1, 0.15) is 25.0 Å². The summed E-state index contributed by atoms with van der Waals surface area (Å²) in [5.74, 6) is 0.330. The molecule has 0 spiro atoms. The summed E-state index contributed by atoms with van der Waals surface area (Å²) >= 11 is 0. The fraction of sp³-hybridized carbons (Fsp3) is 0.438. The zero-order chi connectivity index (χ0) is 15.1. The summed E-state index contributed by atoms with van der Waals surface area (Å²) in [4.78, 5) is 12.9. The molecule has 110 valence electrons.